The highest BCUT2D eigenvalue weighted by atomic mass is 32.2. The number of ether oxygens (including phenoxy) is 2. The summed E-state index contributed by atoms with van der Waals surface area (Å²) < 4.78 is 36.7. The Labute approximate surface area is 199 Å². The summed E-state index contributed by atoms with van der Waals surface area (Å²) in [7, 11) is -0.709. The molecule has 34 heavy (non-hydrogen) atoms. The molecule has 186 valence electrons. The Kier molecular flexibility index (Phi) is 9.63. The van der Waals surface area contributed by atoms with E-state index in [0.29, 0.717) is 24.4 Å². The van der Waals surface area contributed by atoms with Crippen molar-refractivity contribution in [3.8, 4) is 11.5 Å². The van der Waals surface area contributed by atoms with E-state index in [4.69, 9.17) is 9.47 Å². The smallest absolute Gasteiger partial charge is 0.315 e. The number of nitrogens with one attached hydrogen (secondary N) is 2. The van der Waals surface area contributed by atoms with Crippen LogP contribution in [0.15, 0.2) is 41.3 Å². The summed E-state index contributed by atoms with van der Waals surface area (Å²) in [6, 6.07) is 8.66. The van der Waals surface area contributed by atoms with Gasteiger partial charge in [0.1, 0.15) is 0 Å². The number of amides is 2. The quantitative estimate of drug-likeness (QED) is 0.341. The van der Waals surface area contributed by atoms with Crippen LogP contribution < -0.4 is 20.1 Å². The number of rotatable bonds is 12. The summed E-state index contributed by atoms with van der Waals surface area (Å²) in [5, 5.41) is 16.7. The average Bonchev–Trinajstić information content (AvgIpc) is 2.83. The molecule has 0 aliphatic rings. The lowest BCUT2D eigenvalue weighted by Crippen LogP contribution is -2.36. The third-order valence-corrected chi connectivity index (χ3v) is 7.25. The first-order chi connectivity index (χ1) is 16.2. The van der Waals surface area contributed by atoms with Crippen molar-refractivity contribution in [2.75, 3.05) is 33.9 Å². The lowest BCUT2D eigenvalue weighted by atomic mass is 10.1. The number of benzene rings is 2. The van der Waals surface area contributed by atoms with Gasteiger partial charge in [-0.3, -0.25) is 10.1 Å². The van der Waals surface area contributed by atoms with Crippen LogP contribution in [0.5, 0.6) is 11.5 Å². The minimum atomic E-state index is -3.54. The van der Waals surface area contributed by atoms with E-state index < -0.39 is 21.0 Å². The molecule has 0 unspecified atom stereocenters. The van der Waals surface area contributed by atoms with E-state index in [9.17, 15) is 23.3 Å². The van der Waals surface area contributed by atoms with Crippen molar-refractivity contribution in [1.29, 1.82) is 0 Å². The molecule has 12 heteroatoms. The van der Waals surface area contributed by atoms with Crippen LogP contribution in [0.25, 0.3) is 0 Å². The van der Waals surface area contributed by atoms with Gasteiger partial charge in [-0.25, -0.2) is 13.2 Å². The SMILES string of the molecule is CCN(CC)S(=O)(=O)c1ccc(CNC(=O)NCCc2cc(OC)c(OC)cc2[N+](=O)[O-])cc1. The van der Waals surface area contributed by atoms with Crippen molar-refractivity contribution >= 4 is 21.7 Å². The molecule has 2 aromatic carbocycles. The fourth-order valence-corrected chi connectivity index (χ4v) is 4.79. The molecule has 2 amide bonds. The van der Waals surface area contributed by atoms with Gasteiger partial charge in [-0.15, -0.1) is 0 Å². The molecule has 2 rings (SSSR count). The Balaban J connectivity index is 1.93. The standard InChI is InChI=1S/C22H30N4O7S/c1-5-25(6-2)34(30,31)18-9-7-16(8-10-18)15-24-22(27)23-12-11-17-13-20(32-3)21(33-4)14-19(17)26(28)29/h7-10,13-14H,5-6,11-12,15H2,1-4H3,(H2,23,24,27). The normalized spacial score (nSPS) is 11.2. The Bertz CT molecular complexity index is 1100. The van der Waals surface area contributed by atoms with Crippen LogP contribution in [0.3, 0.4) is 0 Å². The maximum Gasteiger partial charge on any atom is 0.315 e. The predicted molar refractivity (Wildman–Crippen MR) is 127 cm³/mol. The van der Waals surface area contributed by atoms with Gasteiger partial charge in [0, 0.05) is 31.7 Å². The Hall–Kier alpha value is -3.38. The molecular formula is C22H30N4O7S. The molecule has 0 heterocycles. The van der Waals surface area contributed by atoms with Gasteiger partial charge < -0.3 is 20.1 Å². The fourth-order valence-electron chi connectivity index (χ4n) is 3.33. The second-order valence-corrected chi connectivity index (χ2v) is 9.12. The van der Waals surface area contributed by atoms with Crippen LogP contribution >= 0.6 is 0 Å². The van der Waals surface area contributed by atoms with Gasteiger partial charge in [0.2, 0.25) is 10.0 Å². The van der Waals surface area contributed by atoms with Gasteiger partial charge in [-0.1, -0.05) is 26.0 Å². The molecule has 2 aromatic rings. The molecular weight excluding hydrogens is 464 g/mol. The Morgan fingerprint density at radius 2 is 1.62 bits per heavy atom. The summed E-state index contributed by atoms with van der Waals surface area (Å²) in [4.78, 5) is 23.2. The largest absolute Gasteiger partial charge is 0.493 e. The molecule has 0 saturated heterocycles. The highest BCUT2D eigenvalue weighted by Gasteiger charge is 2.21. The van der Waals surface area contributed by atoms with Crippen molar-refractivity contribution in [1.82, 2.24) is 14.9 Å². The molecule has 0 atom stereocenters. The first kappa shape index (κ1) is 26.9. The summed E-state index contributed by atoms with van der Waals surface area (Å²) in [6.07, 6.45) is 0.210. The topological polar surface area (TPSA) is 140 Å². The van der Waals surface area contributed by atoms with E-state index in [1.165, 1.54) is 42.8 Å². The van der Waals surface area contributed by atoms with Gasteiger partial charge in [0.25, 0.3) is 5.69 Å². The van der Waals surface area contributed by atoms with Crippen molar-refractivity contribution < 1.29 is 27.6 Å². The van der Waals surface area contributed by atoms with E-state index in [0.717, 1.165) is 5.56 Å². The van der Waals surface area contributed by atoms with E-state index in [1.807, 2.05) is 0 Å². The highest BCUT2D eigenvalue weighted by molar-refractivity contribution is 7.89. The maximum absolute atomic E-state index is 12.5. The molecule has 2 N–H and O–H groups in total. The molecule has 0 aliphatic carbocycles. The zero-order valence-corrected chi connectivity index (χ0v) is 20.5. The fraction of sp³-hybridized carbons (Fsp3) is 0.409. The minimum Gasteiger partial charge on any atom is -0.493 e. The monoisotopic (exact) mass is 494 g/mol. The van der Waals surface area contributed by atoms with Crippen LogP contribution in [0.4, 0.5) is 10.5 Å². The average molecular weight is 495 g/mol. The summed E-state index contributed by atoms with van der Waals surface area (Å²) in [5.41, 5.74) is 0.997. The molecule has 0 saturated carbocycles. The highest BCUT2D eigenvalue weighted by Crippen LogP contribution is 2.34. The van der Waals surface area contributed by atoms with Crippen LogP contribution in [0.2, 0.25) is 0 Å². The van der Waals surface area contributed by atoms with E-state index in [1.54, 1.807) is 26.0 Å². The number of carbonyl (C=O) groups excluding carboxylic acids is 1. The number of nitro groups is 1. The van der Waals surface area contributed by atoms with E-state index in [2.05, 4.69) is 10.6 Å². The van der Waals surface area contributed by atoms with Crippen LogP contribution in [0.1, 0.15) is 25.0 Å². The van der Waals surface area contributed by atoms with Crippen molar-refractivity contribution in [2.24, 2.45) is 0 Å². The first-order valence-electron chi connectivity index (χ1n) is 10.7. The molecule has 0 spiro atoms. The first-order valence-corrected chi connectivity index (χ1v) is 12.1. The summed E-state index contributed by atoms with van der Waals surface area (Å²) in [6.45, 7) is 4.67. The predicted octanol–water partition coefficient (Wildman–Crippen LogP) is 2.68. The molecule has 0 aliphatic heterocycles. The van der Waals surface area contributed by atoms with E-state index >= 15 is 0 Å². The van der Waals surface area contributed by atoms with Crippen molar-refractivity contribution in [3.63, 3.8) is 0 Å². The van der Waals surface area contributed by atoms with Crippen LogP contribution in [-0.2, 0) is 23.0 Å². The number of urea groups is 1. The number of hydrogen-bond acceptors (Lipinski definition) is 7. The van der Waals surface area contributed by atoms with E-state index in [-0.39, 0.29) is 35.8 Å². The third kappa shape index (κ3) is 6.58. The molecule has 0 aromatic heterocycles. The van der Waals surface area contributed by atoms with Gasteiger partial charge in [-0.05, 0) is 30.2 Å². The van der Waals surface area contributed by atoms with Gasteiger partial charge in [0.15, 0.2) is 11.5 Å². The van der Waals surface area contributed by atoms with Crippen LogP contribution in [0, 0.1) is 10.1 Å². The summed E-state index contributed by atoms with van der Waals surface area (Å²) in [5.74, 6) is 0.610. The molecule has 11 nitrogen and oxygen atoms in total. The van der Waals surface area contributed by atoms with Gasteiger partial charge in [-0.2, -0.15) is 4.31 Å². The second-order valence-electron chi connectivity index (χ2n) is 7.19. The third-order valence-electron chi connectivity index (χ3n) is 5.18. The van der Waals surface area contributed by atoms with Crippen molar-refractivity contribution in [3.05, 3.63) is 57.6 Å². The Morgan fingerprint density at radius 3 is 2.15 bits per heavy atom. The number of sulfonamides is 1. The van der Waals surface area contributed by atoms with Crippen LogP contribution in [-0.4, -0.2) is 57.5 Å². The zero-order valence-electron chi connectivity index (χ0n) is 19.7. The number of nitro benzene ring substituents is 1. The van der Waals surface area contributed by atoms with Crippen molar-refractivity contribution in [2.45, 2.75) is 31.7 Å². The number of carbonyl (C=O) groups is 1. The number of methoxy groups -OCH3 is 2. The molecule has 0 radical (unpaired) electrons. The lowest BCUT2D eigenvalue weighted by molar-refractivity contribution is -0.385. The van der Waals surface area contributed by atoms with Gasteiger partial charge in [0.05, 0.1) is 30.1 Å². The number of hydrogen-bond donors (Lipinski definition) is 2. The zero-order chi connectivity index (χ0) is 25.3. The summed E-state index contributed by atoms with van der Waals surface area (Å²) >= 11 is 0. The molecule has 0 fully saturated rings. The minimum absolute atomic E-state index is 0.125. The van der Waals surface area contributed by atoms with Gasteiger partial charge >= 0.3 is 6.03 Å². The lowest BCUT2D eigenvalue weighted by Gasteiger charge is -2.18. The second kappa shape index (κ2) is 12.2. The number of nitrogens with zero attached hydrogens (tertiary/aromatic N) is 2. The maximum atomic E-state index is 12.5. The Morgan fingerprint density at radius 1 is 1.03 bits per heavy atom. The molecule has 0 bridgehead atoms.